The average molecular weight is 436 g/mol. The summed E-state index contributed by atoms with van der Waals surface area (Å²) in [7, 11) is 1.49. The van der Waals surface area contributed by atoms with Crippen LogP contribution in [-0.2, 0) is 17.9 Å². The van der Waals surface area contributed by atoms with Crippen LogP contribution in [0.5, 0.6) is 5.75 Å². The fourth-order valence-electron chi connectivity index (χ4n) is 2.61. The van der Waals surface area contributed by atoms with Gasteiger partial charge in [0.25, 0.3) is 5.91 Å². The summed E-state index contributed by atoms with van der Waals surface area (Å²) in [6.07, 6.45) is -1.61. The fraction of sp³-hybridized carbons (Fsp3) is 0.316. The van der Waals surface area contributed by atoms with E-state index in [1.165, 1.54) is 30.1 Å². The lowest BCUT2D eigenvalue weighted by Crippen LogP contribution is -2.24. The third-order valence-electron chi connectivity index (χ3n) is 4.18. The van der Waals surface area contributed by atoms with E-state index >= 15 is 0 Å². The molecule has 31 heavy (non-hydrogen) atoms. The number of rotatable bonds is 8. The molecule has 0 aliphatic rings. The zero-order valence-electron chi connectivity index (χ0n) is 16.4. The summed E-state index contributed by atoms with van der Waals surface area (Å²) < 4.78 is 43.0. The van der Waals surface area contributed by atoms with Gasteiger partial charge in [-0.15, -0.1) is 0 Å². The first-order valence-corrected chi connectivity index (χ1v) is 9.18. The molecule has 3 aromatic heterocycles. The standard InChI is InChI=1S/C19H19F3N6O3/c1-31-14-3-5-23-15(7-14)18(30)25-10-13-11-28-16(27-13)6-12(9-26-28)8-24-17(29)2-4-19(20,21)22/h3,5-7,9,11H,2,4,8,10H2,1H3,(H,24,29)(H,25,30). The number of imidazole rings is 1. The summed E-state index contributed by atoms with van der Waals surface area (Å²) in [6, 6.07) is 4.78. The van der Waals surface area contributed by atoms with E-state index in [1.54, 1.807) is 18.3 Å². The van der Waals surface area contributed by atoms with Gasteiger partial charge in [0.15, 0.2) is 5.65 Å². The van der Waals surface area contributed by atoms with Gasteiger partial charge < -0.3 is 15.4 Å². The molecule has 0 fully saturated rings. The van der Waals surface area contributed by atoms with Gasteiger partial charge in [-0.25, -0.2) is 9.50 Å². The molecule has 0 aliphatic heterocycles. The van der Waals surface area contributed by atoms with E-state index in [-0.39, 0.29) is 18.8 Å². The van der Waals surface area contributed by atoms with Gasteiger partial charge in [0.1, 0.15) is 11.4 Å². The van der Waals surface area contributed by atoms with Crippen LogP contribution in [0.15, 0.2) is 36.8 Å². The summed E-state index contributed by atoms with van der Waals surface area (Å²) in [5.74, 6) is -0.587. The number of amides is 2. The van der Waals surface area contributed by atoms with Crippen LogP contribution in [0.1, 0.15) is 34.6 Å². The molecule has 3 aromatic rings. The first kappa shape index (κ1) is 22.0. The molecule has 0 bridgehead atoms. The smallest absolute Gasteiger partial charge is 0.389 e. The quantitative estimate of drug-likeness (QED) is 0.559. The summed E-state index contributed by atoms with van der Waals surface area (Å²) in [6.45, 7) is 0.158. The molecule has 3 heterocycles. The Morgan fingerprint density at radius 2 is 2.00 bits per heavy atom. The molecule has 12 heteroatoms. The fourth-order valence-corrected chi connectivity index (χ4v) is 2.61. The highest BCUT2D eigenvalue weighted by Crippen LogP contribution is 2.21. The molecule has 0 atom stereocenters. The minimum atomic E-state index is -4.37. The van der Waals surface area contributed by atoms with Gasteiger partial charge in [0.05, 0.1) is 38.2 Å². The molecule has 164 valence electrons. The van der Waals surface area contributed by atoms with E-state index in [2.05, 4.69) is 25.7 Å². The lowest BCUT2D eigenvalue weighted by atomic mass is 10.2. The van der Waals surface area contributed by atoms with E-state index in [9.17, 15) is 22.8 Å². The molecule has 0 radical (unpaired) electrons. The number of aromatic nitrogens is 4. The number of pyridine rings is 1. The second-order valence-electron chi connectivity index (χ2n) is 6.55. The number of ether oxygens (including phenoxy) is 1. The number of nitrogens with zero attached hydrogens (tertiary/aromatic N) is 4. The SMILES string of the molecule is COc1ccnc(C(=O)NCc2cn3ncc(CNC(=O)CCC(F)(F)F)cc3n2)c1. The zero-order valence-corrected chi connectivity index (χ0v) is 16.4. The molecule has 0 unspecified atom stereocenters. The van der Waals surface area contributed by atoms with Gasteiger partial charge in [-0.2, -0.15) is 18.3 Å². The number of nitrogens with one attached hydrogen (secondary N) is 2. The molecule has 2 N–H and O–H groups in total. The van der Waals surface area contributed by atoms with Gasteiger partial charge >= 0.3 is 6.18 Å². The van der Waals surface area contributed by atoms with Crippen molar-refractivity contribution in [3.05, 3.63) is 53.7 Å². The Morgan fingerprint density at radius 3 is 2.74 bits per heavy atom. The highest BCUT2D eigenvalue weighted by Gasteiger charge is 2.27. The van der Waals surface area contributed by atoms with Crippen LogP contribution in [-0.4, -0.2) is 44.7 Å². The number of methoxy groups -OCH3 is 1. The van der Waals surface area contributed by atoms with Gasteiger partial charge in [-0.1, -0.05) is 0 Å². The van der Waals surface area contributed by atoms with Crippen molar-refractivity contribution >= 4 is 17.5 Å². The molecule has 0 saturated carbocycles. The Hall–Kier alpha value is -3.70. The molecule has 0 spiro atoms. The third kappa shape index (κ3) is 6.39. The van der Waals surface area contributed by atoms with Crippen molar-refractivity contribution in [1.29, 1.82) is 0 Å². The molecule has 2 amide bonds. The first-order valence-electron chi connectivity index (χ1n) is 9.18. The maximum absolute atomic E-state index is 12.2. The Kier molecular flexibility index (Phi) is 6.68. The number of halogens is 3. The minimum absolute atomic E-state index is 0.0284. The van der Waals surface area contributed by atoms with E-state index in [1.807, 2.05) is 0 Å². The number of carbonyl (C=O) groups excluding carboxylic acids is 2. The van der Waals surface area contributed by atoms with Crippen LogP contribution in [0.4, 0.5) is 13.2 Å². The summed E-state index contributed by atoms with van der Waals surface area (Å²) >= 11 is 0. The van der Waals surface area contributed by atoms with E-state index in [0.29, 0.717) is 22.7 Å². The van der Waals surface area contributed by atoms with E-state index < -0.39 is 30.8 Å². The highest BCUT2D eigenvalue weighted by molar-refractivity contribution is 5.92. The second kappa shape index (κ2) is 9.41. The highest BCUT2D eigenvalue weighted by atomic mass is 19.4. The topological polar surface area (TPSA) is 111 Å². The average Bonchev–Trinajstić information content (AvgIpc) is 3.16. The zero-order chi connectivity index (χ0) is 22.4. The van der Waals surface area contributed by atoms with E-state index in [4.69, 9.17) is 4.74 Å². The van der Waals surface area contributed by atoms with Gasteiger partial charge in [-0.3, -0.25) is 14.6 Å². The van der Waals surface area contributed by atoms with Crippen LogP contribution in [0.2, 0.25) is 0 Å². The monoisotopic (exact) mass is 436 g/mol. The molecule has 0 saturated heterocycles. The van der Waals surface area contributed by atoms with Crippen molar-refractivity contribution in [3.8, 4) is 5.75 Å². The van der Waals surface area contributed by atoms with Crippen LogP contribution >= 0.6 is 0 Å². The van der Waals surface area contributed by atoms with Crippen molar-refractivity contribution in [2.75, 3.05) is 7.11 Å². The minimum Gasteiger partial charge on any atom is -0.497 e. The molecule has 0 aromatic carbocycles. The van der Waals surface area contributed by atoms with E-state index in [0.717, 1.165) is 0 Å². The Bertz CT molecular complexity index is 1080. The van der Waals surface area contributed by atoms with Crippen LogP contribution in [0, 0.1) is 0 Å². The number of hydrogen-bond acceptors (Lipinski definition) is 6. The molecule has 9 nitrogen and oxygen atoms in total. The molecule has 0 aliphatic carbocycles. The Labute approximate surface area is 174 Å². The Balaban J connectivity index is 1.56. The number of carbonyl (C=O) groups is 2. The number of fused-ring (bicyclic) bond motifs is 1. The number of alkyl halides is 3. The van der Waals surface area contributed by atoms with Gasteiger partial charge in [0.2, 0.25) is 5.91 Å². The Morgan fingerprint density at radius 1 is 1.19 bits per heavy atom. The van der Waals surface area contributed by atoms with Crippen molar-refractivity contribution in [2.24, 2.45) is 0 Å². The van der Waals surface area contributed by atoms with Crippen molar-refractivity contribution in [2.45, 2.75) is 32.1 Å². The predicted molar refractivity (Wildman–Crippen MR) is 102 cm³/mol. The molecular formula is C19H19F3N6O3. The summed E-state index contributed by atoms with van der Waals surface area (Å²) in [5, 5.41) is 9.27. The summed E-state index contributed by atoms with van der Waals surface area (Å²) in [4.78, 5) is 32.1. The summed E-state index contributed by atoms with van der Waals surface area (Å²) in [5.41, 5.74) is 1.78. The lowest BCUT2D eigenvalue weighted by Gasteiger charge is -2.07. The van der Waals surface area contributed by atoms with Crippen LogP contribution in [0.25, 0.3) is 5.65 Å². The van der Waals surface area contributed by atoms with Crippen molar-refractivity contribution < 1.29 is 27.5 Å². The second-order valence-corrected chi connectivity index (χ2v) is 6.55. The normalized spacial score (nSPS) is 11.4. The van der Waals surface area contributed by atoms with Crippen molar-refractivity contribution in [1.82, 2.24) is 30.2 Å². The van der Waals surface area contributed by atoms with Crippen LogP contribution in [0.3, 0.4) is 0 Å². The number of hydrogen-bond donors (Lipinski definition) is 2. The maximum Gasteiger partial charge on any atom is 0.389 e. The first-order chi connectivity index (χ1) is 14.7. The third-order valence-corrected chi connectivity index (χ3v) is 4.18. The molecular weight excluding hydrogens is 417 g/mol. The van der Waals surface area contributed by atoms with Gasteiger partial charge in [-0.05, 0) is 17.7 Å². The molecule has 3 rings (SSSR count). The van der Waals surface area contributed by atoms with Crippen LogP contribution < -0.4 is 15.4 Å². The van der Waals surface area contributed by atoms with Gasteiger partial charge in [0, 0.05) is 25.2 Å². The lowest BCUT2D eigenvalue weighted by molar-refractivity contribution is -0.144. The largest absolute Gasteiger partial charge is 0.497 e. The maximum atomic E-state index is 12.2. The van der Waals surface area contributed by atoms with Crippen molar-refractivity contribution in [3.63, 3.8) is 0 Å². The predicted octanol–water partition coefficient (Wildman–Crippen LogP) is 2.02.